The van der Waals surface area contributed by atoms with Gasteiger partial charge in [-0.05, 0) is 18.1 Å². The van der Waals surface area contributed by atoms with E-state index in [0.29, 0.717) is 6.04 Å². The Labute approximate surface area is 80.4 Å². The van der Waals surface area contributed by atoms with E-state index < -0.39 is 0 Å². The van der Waals surface area contributed by atoms with Crippen molar-refractivity contribution in [3.8, 4) is 0 Å². The van der Waals surface area contributed by atoms with Gasteiger partial charge >= 0.3 is 0 Å². The van der Waals surface area contributed by atoms with E-state index in [1.165, 1.54) is 5.56 Å². The number of aryl methyl sites for hydroxylation is 1. The van der Waals surface area contributed by atoms with Gasteiger partial charge < -0.3 is 5.32 Å². The first-order valence-corrected chi connectivity index (χ1v) is 4.89. The molecular weight excluding hydrogens is 160 g/mol. The molecule has 1 aromatic rings. The van der Waals surface area contributed by atoms with Crippen LogP contribution in [0.4, 0.5) is 0 Å². The zero-order valence-electron chi connectivity index (χ0n) is 8.67. The molecule has 0 atom stereocenters. The van der Waals surface area contributed by atoms with Crippen LogP contribution in [0, 0.1) is 0 Å². The number of rotatable bonds is 4. The molecule has 0 unspecified atom stereocenters. The molecule has 2 heteroatoms. The minimum Gasteiger partial charge on any atom is -0.309 e. The molecule has 1 aromatic heterocycles. The van der Waals surface area contributed by atoms with Gasteiger partial charge in [0, 0.05) is 18.8 Å². The summed E-state index contributed by atoms with van der Waals surface area (Å²) in [5.41, 5.74) is 2.42. The van der Waals surface area contributed by atoms with Gasteiger partial charge in [0.05, 0.1) is 5.69 Å². The van der Waals surface area contributed by atoms with Crippen molar-refractivity contribution in [2.24, 2.45) is 0 Å². The summed E-state index contributed by atoms with van der Waals surface area (Å²) >= 11 is 0. The summed E-state index contributed by atoms with van der Waals surface area (Å²) in [6.07, 6.45) is 3.02. The Morgan fingerprint density at radius 2 is 2.15 bits per heavy atom. The van der Waals surface area contributed by atoms with Gasteiger partial charge in [0.25, 0.3) is 0 Å². The smallest absolute Gasteiger partial charge is 0.0541 e. The summed E-state index contributed by atoms with van der Waals surface area (Å²) in [7, 11) is 0. The van der Waals surface area contributed by atoms with Gasteiger partial charge in [-0.3, -0.25) is 4.98 Å². The summed E-state index contributed by atoms with van der Waals surface area (Å²) in [6, 6.07) is 4.76. The second-order valence-electron chi connectivity index (χ2n) is 3.55. The van der Waals surface area contributed by atoms with Crippen LogP contribution in [-0.2, 0) is 13.0 Å². The lowest BCUT2D eigenvalue weighted by Gasteiger charge is -2.07. The van der Waals surface area contributed by atoms with Crippen LogP contribution in [0.2, 0.25) is 0 Å². The minimum absolute atomic E-state index is 0.521. The lowest BCUT2D eigenvalue weighted by molar-refractivity contribution is 0.581. The Bertz CT molecular complexity index is 239. The lowest BCUT2D eigenvalue weighted by Crippen LogP contribution is -2.22. The lowest BCUT2D eigenvalue weighted by atomic mass is 10.2. The molecule has 0 amide bonds. The van der Waals surface area contributed by atoms with Crippen molar-refractivity contribution in [2.45, 2.75) is 39.8 Å². The number of nitrogens with one attached hydrogen (secondary N) is 1. The molecule has 0 aliphatic heterocycles. The molecule has 2 nitrogen and oxygen atoms in total. The Balaban J connectivity index is 2.49. The maximum atomic E-state index is 4.36. The molecule has 0 aromatic carbocycles. The zero-order valence-corrected chi connectivity index (χ0v) is 8.67. The Hall–Kier alpha value is -0.890. The van der Waals surface area contributed by atoms with E-state index in [-0.39, 0.29) is 0 Å². The van der Waals surface area contributed by atoms with Gasteiger partial charge in [0.2, 0.25) is 0 Å². The Morgan fingerprint density at radius 3 is 2.62 bits per heavy atom. The van der Waals surface area contributed by atoms with Crippen molar-refractivity contribution in [3.05, 3.63) is 29.6 Å². The van der Waals surface area contributed by atoms with Crippen molar-refractivity contribution in [3.63, 3.8) is 0 Å². The van der Waals surface area contributed by atoms with Crippen LogP contribution in [-0.4, -0.2) is 11.0 Å². The third kappa shape index (κ3) is 3.55. The highest BCUT2D eigenvalue weighted by Gasteiger charge is 1.96. The van der Waals surface area contributed by atoms with Crippen LogP contribution in [0.5, 0.6) is 0 Å². The van der Waals surface area contributed by atoms with E-state index in [0.717, 1.165) is 18.7 Å². The topological polar surface area (TPSA) is 24.9 Å². The summed E-state index contributed by atoms with van der Waals surface area (Å²) in [5, 5.41) is 3.34. The van der Waals surface area contributed by atoms with E-state index in [1.807, 2.05) is 6.20 Å². The van der Waals surface area contributed by atoms with E-state index >= 15 is 0 Å². The number of hydrogen-bond acceptors (Lipinski definition) is 2. The molecule has 0 saturated heterocycles. The van der Waals surface area contributed by atoms with Crippen molar-refractivity contribution in [1.29, 1.82) is 0 Å². The van der Waals surface area contributed by atoms with Crippen LogP contribution < -0.4 is 5.32 Å². The third-order valence-electron chi connectivity index (χ3n) is 1.99. The zero-order chi connectivity index (χ0) is 9.68. The van der Waals surface area contributed by atoms with E-state index in [9.17, 15) is 0 Å². The van der Waals surface area contributed by atoms with Gasteiger partial charge in [0.1, 0.15) is 0 Å². The third-order valence-corrected chi connectivity index (χ3v) is 1.99. The highest BCUT2D eigenvalue weighted by atomic mass is 14.9. The summed E-state index contributed by atoms with van der Waals surface area (Å²) in [5.74, 6) is 0. The molecule has 0 fully saturated rings. The molecule has 72 valence electrons. The first-order chi connectivity index (χ1) is 6.22. The molecule has 1 heterocycles. The fourth-order valence-corrected chi connectivity index (χ4v) is 1.08. The number of hydrogen-bond donors (Lipinski definition) is 1. The van der Waals surface area contributed by atoms with Gasteiger partial charge in [-0.15, -0.1) is 0 Å². The van der Waals surface area contributed by atoms with E-state index in [2.05, 4.69) is 43.2 Å². The molecule has 0 saturated carbocycles. The second-order valence-corrected chi connectivity index (χ2v) is 3.55. The SMILES string of the molecule is CCc1ccc(CNC(C)C)nc1. The predicted octanol–water partition coefficient (Wildman–Crippen LogP) is 2.14. The normalized spacial score (nSPS) is 10.8. The Morgan fingerprint density at radius 1 is 1.38 bits per heavy atom. The quantitative estimate of drug-likeness (QED) is 0.764. The molecule has 0 aliphatic rings. The van der Waals surface area contributed by atoms with Crippen molar-refractivity contribution < 1.29 is 0 Å². The highest BCUT2D eigenvalue weighted by Crippen LogP contribution is 2.00. The van der Waals surface area contributed by atoms with Crippen molar-refractivity contribution in [1.82, 2.24) is 10.3 Å². The highest BCUT2D eigenvalue weighted by molar-refractivity contribution is 5.13. The van der Waals surface area contributed by atoms with Crippen molar-refractivity contribution in [2.75, 3.05) is 0 Å². The fraction of sp³-hybridized carbons (Fsp3) is 0.545. The summed E-state index contributed by atoms with van der Waals surface area (Å²) in [4.78, 5) is 4.36. The van der Waals surface area contributed by atoms with Gasteiger partial charge in [-0.2, -0.15) is 0 Å². The molecule has 0 spiro atoms. The molecule has 0 radical (unpaired) electrons. The van der Waals surface area contributed by atoms with Crippen molar-refractivity contribution >= 4 is 0 Å². The predicted molar refractivity (Wildman–Crippen MR) is 55.6 cm³/mol. The standard InChI is InChI=1S/C11H18N2/c1-4-10-5-6-11(13-7-10)8-12-9(2)3/h5-7,9,12H,4,8H2,1-3H3. The van der Waals surface area contributed by atoms with Crippen LogP contribution in [0.15, 0.2) is 18.3 Å². The molecule has 1 N–H and O–H groups in total. The van der Waals surface area contributed by atoms with E-state index in [1.54, 1.807) is 0 Å². The number of pyridine rings is 1. The number of nitrogens with zero attached hydrogens (tertiary/aromatic N) is 1. The summed E-state index contributed by atoms with van der Waals surface area (Å²) < 4.78 is 0. The fourth-order valence-electron chi connectivity index (χ4n) is 1.08. The van der Waals surface area contributed by atoms with Crippen LogP contribution >= 0.6 is 0 Å². The first-order valence-electron chi connectivity index (χ1n) is 4.89. The largest absolute Gasteiger partial charge is 0.309 e. The molecule has 0 bridgehead atoms. The van der Waals surface area contributed by atoms with E-state index in [4.69, 9.17) is 0 Å². The maximum Gasteiger partial charge on any atom is 0.0541 e. The minimum atomic E-state index is 0.521. The van der Waals surface area contributed by atoms with Gasteiger partial charge in [0.15, 0.2) is 0 Å². The molecule has 13 heavy (non-hydrogen) atoms. The average Bonchev–Trinajstić information content (AvgIpc) is 2.15. The van der Waals surface area contributed by atoms with Crippen LogP contribution in [0.3, 0.4) is 0 Å². The molecular formula is C11H18N2. The number of aromatic nitrogens is 1. The molecule has 0 aliphatic carbocycles. The average molecular weight is 178 g/mol. The van der Waals surface area contributed by atoms with Crippen LogP contribution in [0.1, 0.15) is 32.0 Å². The molecule has 1 rings (SSSR count). The van der Waals surface area contributed by atoms with Gasteiger partial charge in [-0.25, -0.2) is 0 Å². The monoisotopic (exact) mass is 178 g/mol. The van der Waals surface area contributed by atoms with Gasteiger partial charge in [-0.1, -0.05) is 26.8 Å². The van der Waals surface area contributed by atoms with Crippen LogP contribution in [0.25, 0.3) is 0 Å². The first kappa shape index (κ1) is 10.2. The maximum absolute atomic E-state index is 4.36. The Kier molecular flexibility index (Phi) is 3.90. The summed E-state index contributed by atoms with van der Waals surface area (Å²) in [6.45, 7) is 7.28. The second kappa shape index (κ2) is 4.97.